The maximum Gasteiger partial charge on any atom is 0.131 e. The Hall–Kier alpha value is -0.800. The number of halogens is 1. The van der Waals surface area contributed by atoms with Crippen molar-refractivity contribution in [3.8, 4) is 0 Å². The Morgan fingerprint density at radius 3 is 2.88 bits per heavy atom. The number of hydrogen-bond acceptors (Lipinski definition) is 2. The summed E-state index contributed by atoms with van der Waals surface area (Å²) >= 11 is 6.19. The molecular formula is C12H20ClN3. The molecule has 16 heavy (non-hydrogen) atoms. The fourth-order valence-electron chi connectivity index (χ4n) is 1.67. The lowest BCUT2D eigenvalue weighted by molar-refractivity contribution is 0.552. The van der Waals surface area contributed by atoms with E-state index in [1.54, 1.807) is 4.68 Å². The lowest BCUT2D eigenvalue weighted by atomic mass is 10.2. The van der Waals surface area contributed by atoms with Crippen LogP contribution in [0.15, 0.2) is 12.7 Å². The van der Waals surface area contributed by atoms with Gasteiger partial charge in [0.2, 0.25) is 0 Å². The highest BCUT2D eigenvalue weighted by Gasteiger charge is 2.13. The summed E-state index contributed by atoms with van der Waals surface area (Å²) < 4.78 is 1.73. The Morgan fingerprint density at radius 1 is 1.62 bits per heavy atom. The number of nitrogens with zero attached hydrogens (tertiary/aromatic N) is 2. The minimum atomic E-state index is 0.415. The van der Waals surface area contributed by atoms with Gasteiger partial charge < -0.3 is 5.32 Å². The van der Waals surface area contributed by atoms with Crippen LogP contribution in [0.1, 0.15) is 31.5 Å². The van der Waals surface area contributed by atoms with Crippen molar-refractivity contribution in [2.75, 3.05) is 0 Å². The van der Waals surface area contributed by atoms with Crippen molar-refractivity contribution >= 4 is 11.6 Å². The quantitative estimate of drug-likeness (QED) is 0.777. The molecule has 1 unspecified atom stereocenters. The number of nitrogens with one attached hydrogen (secondary N) is 1. The van der Waals surface area contributed by atoms with Crippen molar-refractivity contribution < 1.29 is 0 Å². The van der Waals surface area contributed by atoms with Crippen LogP contribution in [0.4, 0.5) is 0 Å². The normalized spacial score (nSPS) is 12.8. The van der Waals surface area contributed by atoms with Gasteiger partial charge in [0.25, 0.3) is 0 Å². The zero-order valence-corrected chi connectivity index (χ0v) is 11.0. The molecule has 4 heteroatoms. The molecule has 0 bridgehead atoms. The summed E-state index contributed by atoms with van der Waals surface area (Å²) in [6, 6.07) is 0.415. The minimum Gasteiger partial charge on any atom is -0.310 e. The molecule has 0 spiro atoms. The second-order valence-corrected chi connectivity index (χ2v) is 4.36. The average molecular weight is 242 g/mol. The lowest BCUT2D eigenvalue weighted by Gasteiger charge is -2.11. The molecule has 1 rings (SSSR count). The van der Waals surface area contributed by atoms with Gasteiger partial charge in [0.15, 0.2) is 0 Å². The summed E-state index contributed by atoms with van der Waals surface area (Å²) in [6.07, 6.45) is 3.79. The van der Waals surface area contributed by atoms with E-state index >= 15 is 0 Å². The van der Waals surface area contributed by atoms with Gasteiger partial charge in [-0.25, -0.2) is 0 Å². The second kappa shape index (κ2) is 6.06. The van der Waals surface area contributed by atoms with Crippen molar-refractivity contribution in [1.82, 2.24) is 15.1 Å². The predicted molar refractivity (Wildman–Crippen MR) is 68.7 cm³/mol. The van der Waals surface area contributed by atoms with Gasteiger partial charge in [0, 0.05) is 25.2 Å². The molecule has 1 atom stereocenters. The number of rotatable bonds is 6. The third-order valence-corrected chi connectivity index (χ3v) is 3.11. The van der Waals surface area contributed by atoms with E-state index in [-0.39, 0.29) is 0 Å². The van der Waals surface area contributed by atoms with E-state index in [0.717, 1.165) is 35.8 Å². The zero-order valence-electron chi connectivity index (χ0n) is 10.3. The summed E-state index contributed by atoms with van der Waals surface area (Å²) in [5, 5.41) is 8.53. The van der Waals surface area contributed by atoms with Crippen LogP contribution in [0.2, 0.25) is 5.15 Å². The predicted octanol–water partition coefficient (Wildman–Crippen LogP) is 2.69. The largest absolute Gasteiger partial charge is 0.310 e. The van der Waals surface area contributed by atoms with E-state index in [4.69, 9.17) is 11.6 Å². The molecule has 0 aliphatic heterocycles. The molecule has 0 saturated heterocycles. The van der Waals surface area contributed by atoms with E-state index in [2.05, 4.69) is 30.8 Å². The van der Waals surface area contributed by atoms with E-state index in [1.165, 1.54) is 0 Å². The first-order valence-electron chi connectivity index (χ1n) is 5.64. The molecule has 0 aliphatic carbocycles. The molecule has 3 nitrogen and oxygen atoms in total. The monoisotopic (exact) mass is 241 g/mol. The first kappa shape index (κ1) is 13.3. The molecule has 1 heterocycles. The summed E-state index contributed by atoms with van der Waals surface area (Å²) in [5.74, 6) is 0. The van der Waals surface area contributed by atoms with E-state index in [0.29, 0.717) is 6.04 Å². The fraction of sp³-hybridized carbons (Fsp3) is 0.583. The molecule has 90 valence electrons. The smallest absolute Gasteiger partial charge is 0.131 e. The minimum absolute atomic E-state index is 0.415. The van der Waals surface area contributed by atoms with Gasteiger partial charge in [-0.3, -0.25) is 4.68 Å². The molecule has 0 saturated carbocycles. The van der Waals surface area contributed by atoms with Crippen LogP contribution in [0.5, 0.6) is 0 Å². The first-order valence-corrected chi connectivity index (χ1v) is 6.02. The first-order chi connectivity index (χ1) is 7.60. The van der Waals surface area contributed by atoms with Crippen LogP contribution in [0.3, 0.4) is 0 Å². The topological polar surface area (TPSA) is 29.9 Å². The van der Waals surface area contributed by atoms with Gasteiger partial charge >= 0.3 is 0 Å². The Bertz CT molecular complexity index is 357. The van der Waals surface area contributed by atoms with Gasteiger partial charge in [0.1, 0.15) is 5.15 Å². The van der Waals surface area contributed by atoms with Gasteiger partial charge in [-0.15, -0.1) is 6.58 Å². The third-order valence-electron chi connectivity index (χ3n) is 2.63. The highest BCUT2D eigenvalue weighted by atomic mass is 35.5. The van der Waals surface area contributed by atoms with Crippen molar-refractivity contribution in [3.63, 3.8) is 0 Å². The number of hydrogen-bond donors (Lipinski definition) is 1. The molecule has 1 N–H and O–H groups in total. The van der Waals surface area contributed by atoms with Crippen LogP contribution in [-0.2, 0) is 20.0 Å². The summed E-state index contributed by atoms with van der Waals surface area (Å²) in [4.78, 5) is 0. The van der Waals surface area contributed by atoms with Crippen molar-refractivity contribution in [3.05, 3.63) is 29.1 Å². The Morgan fingerprint density at radius 2 is 2.31 bits per heavy atom. The summed E-state index contributed by atoms with van der Waals surface area (Å²) in [5.41, 5.74) is 2.19. The molecule has 1 aromatic rings. The van der Waals surface area contributed by atoms with Crippen molar-refractivity contribution in [1.29, 1.82) is 0 Å². The molecule has 0 fully saturated rings. The van der Waals surface area contributed by atoms with Crippen LogP contribution in [0, 0.1) is 0 Å². The van der Waals surface area contributed by atoms with Crippen molar-refractivity contribution in [2.24, 2.45) is 7.05 Å². The van der Waals surface area contributed by atoms with Gasteiger partial charge in [-0.05, 0) is 19.8 Å². The SMILES string of the molecule is C=CCC(C)NCc1c(CC)nn(C)c1Cl. The molecule has 0 radical (unpaired) electrons. The fourth-order valence-corrected chi connectivity index (χ4v) is 1.88. The molecular weight excluding hydrogens is 222 g/mol. The number of aryl methyl sites for hydroxylation is 2. The van der Waals surface area contributed by atoms with Gasteiger partial charge in [-0.2, -0.15) is 5.10 Å². The summed E-state index contributed by atoms with van der Waals surface area (Å²) in [7, 11) is 1.87. The average Bonchev–Trinajstić information content (AvgIpc) is 2.53. The van der Waals surface area contributed by atoms with Crippen LogP contribution < -0.4 is 5.32 Å². The van der Waals surface area contributed by atoms with Gasteiger partial charge in [-0.1, -0.05) is 24.6 Å². The Balaban J connectivity index is 2.68. The maximum atomic E-state index is 6.19. The van der Waals surface area contributed by atoms with E-state index in [9.17, 15) is 0 Å². The highest BCUT2D eigenvalue weighted by molar-refractivity contribution is 6.30. The van der Waals surface area contributed by atoms with E-state index in [1.807, 2.05) is 13.1 Å². The van der Waals surface area contributed by atoms with Crippen LogP contribution in [-0.4, -0.2) is 15.8 Å². The number of aromatic nitrogens is 2. The summed E-state index contributed by atoms with van der Waals surface area (Å²) in [6.45, 7) is 8.73. The molecule has 0 aromatic carbocycles. The Kier molecular flexibility index (Phi) is 5.03. The van der Waals surface area contributed by atoms with Crippen LogP contribution >= 0.6 is 11.6 Å². The highest BCUT2D eigenvalue weighted by Crippen LogP contribution is 2.19. The molecule has 0 aliphatic rings. The zero-order chi connectivity index (χ0) is 12.1. The van der Waals surface area contributed by atoms with Gasteiger partial charge in [0.05, 0.1) is 5.69 Å². The van der Waals surface area contributed by atoms with Crippen molar-refractivity contribution in [2.45, 2.75) is 39.3 Å². The third kappa shape index (κ3) is 3.09. The lowest BCUT2D eigenvalue weighted by Crippen LogP contribution is -2.25. The maximum absolute atomic E-state index is 6.19. The van der Waals surface area contributed by atoms with E-state index < -0.39 is 0 Å². The molecule has 0 amide bonds. The standard InChI is InChI=1S/C12H20ClN3/c1-5-7-9(3)14-8-10-11(6-2)15-16(4)12(10)13/h5,9,14H,1,6-8H2,2-4H3. The Labute approximate surface area is 102 Å². The molecule has 1 aromatic heterocycles. The second-order valence-electron chi connectivity index (χ2n) is 4.00. The van der Waals surface area contributed by atoms with Crippen LogP contribution in [0.25, 0.3) is 0 Å².